The summed E-state index contributed by atoms with van der Waals surface area (Å²) in [5, 5.41) is 0. The van der Waals surface area contributed by atoms with E-state index in [1.807, 2.05) is 0 Å². The molecule has 0 saturated carbocycles. The SMILES string of the molecule is CCCCCCCCOCC(COCCCCCCCC)(C[N+]1(C)CCCC1)C[N+]1(C)CCCC1. The van der Waals surface area contributed by atoms with E-state index < -0.39 is 0 Å². The van der Waals surface area contributed by atoms with Gasteiger partial charge in [0, 0.05) is 38.9 Å². The lowest BCUT2D eigenvalue weighted by Gasteiger charge is -2.45. The van der Waals surface area contributed by atoms with E-state index in [0.717, 1.165) is 26.4 Å². The monoisotopic (exact) mass is 496 g/mol. The van der Waals surface area contributed by atoms with Gasteiger partial charge in [0.05, 0.1) is 66.6 Å². The van der Waals surface area contributed by atoms with Crippen LogP contribution >= 0.6 is 0 Å². The van der Waals surface area contributed by atoms with E-state index in [0.29, 0.717) is 0 Å². The number of unbranched alkanes of at least 4 members (excludes halogenated alkanes) is 10. The Morgan fingerprint density at radius 1 is 0.514 bits per heavy atom. The minimum absolute atomic E-state index is 0.141. The third kappa shape index (κ3) is 12.8. The van der Waals surface area contributed by atoms with E-state index in [-0.39, 0.29) is 5.41 Å². The Morgan fingerprint density at radius 3 is 1.23 bits per heavy atom. The van der Waals surface area contributed by atoms with Crippen molar-refractivity contribution in [2.24, 2.45) is 5.41 Å². The lowest BCUT2D eigenvalue weighted by Crippen LogP contribution is -2.60. The second kappa shape index (κ2) is 17.4. The van der Waals surface area contributed by atoms with Crippen molar-refractivity contribution in [3.63, 3.8) is 0 Å². The van der Waals surface area contributed by atoms with Gasteiger partial charge in [-0.2, -0.15) is 0 Å². The topological polar surface area (TPSA) is 18.5 Å². The van der Waals surface area contributed by atoms with Crippen LogP contribution in [0.3, 0.4) is 0 Å². The maximum absolute atomic E-state index is 6.54. The second-order valence-electron chi connectivity index (χ2n) is 13.0. The number of nitrogens with zero attached hydrogens (tertiary/aromatic N) is 2. The van der Waals surface area contributed by atoms with Gasteiger partial charge in [0.2, 0.25) is 0 Å². The van der Waals surface area contributed by atoms with Gasteiger partial charge < -0.3 is 18.4 Å². The van der Waals surface area contributed by atoms with Crippen molar-refractivity contribution in [3.8, 4) is 0 Å². The molecule has 0 aliphatic carbocycles. The molecule has 0 aromatic carbocycles. The number of quaternary nitrogens is 2. The van der Waals surface area contributed by atoms with Crippen molar-refractivity contribution < 1.29 is 18.4 Å². The van der Waals surface area contributed by atoms with E-state index in [2.05, 4.69) is 27.9 Å². The zero-order valence-electron chi connectivity index (χ0n) is 24.6. The van der Waals surface area contributed by atoms with Gasteiger partial charge in [-0.3, -0.25) is 0 Å². The minimum atomic E-state index is 0.141. The Kier molecular flexibility index (Phi) is 15.4. The zero-order valence-corrected chi connectivity index (χ0v) is 24.6. The molecule has 2 aliphatic rings. The average Bonchev–Trinajstić information content (AvgIpc) is 3.45. The van der Waals surface area contributed by atoms with Gasteiger partial charge in [-0.05, 0) is 12.8 Å². The Bertz CT molecular complexity index is 466. The summed E-state index contributed by atoms with van der Waals surface area (Å²) in [5.41, 5.74) is 0.141. The molecule has 0 amide bonds. The summed E-state index contributed by atoms with van der Waals surface area (Å²) in [6.45, 7) is 16.0. The fourth-order valence-electron chi connectivity index (χ4n) is 6.95. The summed E-state index contributed by atoms with van der Waals surface area (Å²) < 4.78 is 15.5. The standard InChI is InChI=1S/C31H64N2O2/c1-5-7-9-11-13-19-25-34-29-31(27-32(3)21-15-16-22-32,28-33(4)23-17-18-24-33)30-35-26-20-14-12-10-8-6-2/h5-30H2,1-4H3/q+2. The van der Waals surface area contributed by atoms with Gasteiger partial charge in [0.25, 0.3) is 0 Å². The quantitative estimate of drug-likeness (QED) is 0.116. The Labute approximate surface area is 220 Å². The maximum Gasteiger partial charge on any atom is 0.115 e. The van der Waals surface area contributed by atoms with Crippen molar-refractivity contribution >= 4 is 0 Å². The number of hydrogen-bond donors (Lipinski definition) is 0. The summed E-state index contributed by atoms with van der Waals surface area (Å²) in [5.74, 6) is 0. The van der Waals surface area contributed by atoms with E-state index in [9.17, 15) is 0 Å². The molecule has 2 heterocycles. The van der Waals surface area contributed by atoms with Crippen LogP contribution in [0.5, 0.6) is 0 Å². The molecular weight excluding hydrogens is 432 g/mol. The number of hydrogen-bond acceptors (Lipinski definition) is 2. The molecule has 0 spiro atoms. The van der Waals surface area contributed by atoms with Crippen molar-refractivity contribution in [2.75, 3.05) is 79.8 Å². The summed E-state index contributed by atoms with van der Waals surface area (Å²) >= 11 is 0. The first-order valence-corrected chi connectivity index (χ1v) is 15.8. The minimum Gasteiger partial charge on any atom is -0.380 e. The molecule has 4 nitrogen and oxygen atoms in total. The Balaban J connectivity index is 1.94. The molecule has 0 N–H and O–H groups in total. The van der Waals surface area contributed by atoms with Gasteiger partial charge >= 0.3 is 0 Å². The molecule has 0 aromatic heterocycles. The number of ether oxygens (including phenoxy) is 2. The van der Waals surface area contributed by atoms with Gasteiger partial charge in [-0.15, -0.1) is 0 Å². The highest BCUT2D eigenvalue weighted by molar-refractivity contribution is 4.82. The fourth-order valence-corrected chi connectivity index (χ4v) is 6.95. The van der Waals surface area contributed by atoms with Crippen LogP contribution in [0.1, 0.15) is 117 Å². The largest absolute Gasteiger partial charge is 0.380 e. The molecule has 35 heavy (non-hydrogen) atoms. The van der Waals surface area contributed by atoms with Gasteiger partial charge in [-0.25, -0.2) is 0 Å². The van der Waals surface area contributed by atoms with Crippen LogP contribution in [0.2, 0.25) is 0 Å². The normalized spacial score (nSPS) is 19.5. The van der Waals surface area contributed by atoms with Crippen molar-refractivity contribution in [3.05, 3.63) is 0 Å². The zero-order chi connectivity index (χ0) is 25.3. The first-order chi connectivity index (χ1) is 16.9. The van der Waals surface area contributed by atoms with E-state index in [1.165, 1.54) is 151 Å². The molecule has 4 heteroatoms. The smallest absolute Gasteiger partial charge is 0.115 e. The third-order valence-corrected chi connectivity index (χ3v) is 8.83. The van der Waals surface area contributed by atoms with Crippen LogP contribution in [0, 0.1) is 5.41 Å². The molecule has 0 bridgehead atoms. The summed E-state index contributed by atoms with van der Waals surface area (Å²) in [6.07, 6.45) is 21.5. The highest BCUT2D eigenvalue weighted by Crippen LogP contribution is 2.32. The van der Waals surface area contributed by atoms with Gasteiger partial charge in [0.15, 0.2) is 0 Å². The molecule has 2 rings (SSSR count). The van der Waals surface area contributed by atoms with Crippen molar-refractivity contribution in [1.29, 1.82) is 0 Å². The molecule has 0 aromatic rings. The van der Waals surface area contributed by atoms with Crippen LogP contribution in [0.4, 0.5) is 0 Å². The predicted molar refractivity (Wildman–Crippen MR) is 151 cm³/mol. The van der Waals surface area contributed by atoms with Crippen LogP contribution in [-0.4, -0.2) is 88.8 Å². The maximum atomic E-state index is 6.54. The van der Waals surface area contributed by atoms with Crippen molar-refractivity contribution in [2.45, 2.75) is 117 Å². The summed E-state index contributed by atoms with van der Waals surface area (Å²) in [7, 11) is 5.01. The van der Waals surface area contributed by atoms with Crippen LogP contribution in [0.15, 0.2) is 0 Å². The Morgan fingerprint density at radius 2 is 0.857 bits per heavy atom. The molecular formula is C31H64N2O2+2. The van der Waals surface area contributed by atoms with Crippen LogP contribution < -0.4 is 0 Å². The van der Waals surface area contributed by atoms with E-state index >= 15 is 0 Å². The molecule has 2 fully saturated rings. The first kappa shape index (κ1) is 31.1. The van der Waals surface area contributed by atoms with Crippen LogP contribution in [-0.2, 0) is 9.47 Å². The molecule has 2 aliphatic heterocycles. The van der Waals surface area contributed by atoms with Gasteiger partial charge in [-0.1, -0.05) is 78.1 Å². The highest BCUT2D eigenvalue weighted by atomic mass is 16.5. The lowest BCUT2D eigenvalue weighted by atomic mass is 9.86. The fraction of sp³-hybridized carbons (Fsp3) is 1.00. The second-order valence-corrected chi connectivity index (χ2v) is 13.0. The Hall–Kier alpha value is -0.160. The summed E-state index contributed by atoms with van der Waals surface area (Å²) in [6, 6.07) is 0. The van der Waals surface area contributed by atoms with Crippen molar-refractivity contribution in [1.82, 2.24) is 0 Å². The molecule has 2 saturated heterocycles. The van der Waals surface area contributed by atoms with E-state index in [1.54, 1.807) is 0 Å². The predicted octanol–water partition coefficient (Wildman–Crippen LogP) is 7.21. The number of rotatable bonds is 22. The highest BCUT2D eigenvalue weighted by Gasteiger charge is 2.47. The first-order valence-electron chi connectivity index (χ1n) is 15.8. The lowest BCUT2D eigenvalue weighted by molar-refractivity contribution is -0.928. The molecule has 208 valence electrons. The number of likely N-dealkylation sites (tertiary alicyclic amines) is 2. The molecule has 0 atom stereocenters. The van der Waals surface area contributed by atoms with Gasteiger partial charge in [0.1, 0.15) is 5.41 Å². The molecule has 0 radical (unpaired) electrons. The molecule has 0 unspecified atom stereocenters. The van der Waals surface area contributed by atoms with E-state index in [4.69, 9.17) is 9.47 Å². The third-order valence-electron chi connectivity index (χ3n) is 8.83. The summed E-state index contributed by atoms with van der Waals surface area (Å²) in [4.78, 5) is 0. The average molecular weight is 497 g/mol. The van der Waals surface area contributed by atoms with Crippen LogP contribution in [0.25, 0.3) is 0 Å².